The third-order valence-corrected chi connectivity index (χ3v) is 5.49. The molecule has 1 aromatic carbocycles. The van der Waals surface area contributed by atoms with E-state index in [0.717, 1.165) is 25.0 Å². The molecule has 7 heteroatoms. The van der Waals surface area contributed by atoms with Gasteiger partial charge in [0, 0.05) is 11.4 Å². The Morgan fingerprint density at radius 2 is 2.07 bits per heavy atom. The highest BCUT2D eigenvalue weighted by Gasteiger charge is 2.21. The summed E-state index contributed by atoms with van der Waals surface area (Å²) < 4.78 is 0. The Morgan fingerprint density at radius 1 is 1.29 bits per heavy atom. The van der Waals surface area contributed by atoms with Crippen LogP contribution in [0.4, 0.5) is 5.69 Å². The second kappa shape index (κ2) is 10.5. The van der Waals surface area contributed by atoms with Crippen LogP contribution in [0.1, 0.15) is 54.7 Å². The Labute approximate surface area is 169 Å². The number of pyridine rings is 1. The lowest BCUT2D eigenvalue weighted by Crippen LogP contribution is -2.25. The molecule has 2 N–H and O–H groups in total. The van der Waals surface area contributed by atoms with Gasteiger partial charge in [-0.15, -0.1) is 0 Å². The van der Waals surface area contributed by atoms with Gasteiger partial charge in [-0.1, -0.05) is 38.1 Å². The number of nitriles is 1. The van der Waals surface area contributed by atoms with Crippen molar-refractivity contribution in [2.45, 2.75) is 49.8 Å². The fourth-order valence-electron chi connectivity index (χ4n) is 2.56. The van der Waals surface area contributed by atoms with Crippen LogP contribution in [0, 0.1) is 11.3 Å². The second-order valence-corrected chi connectivity index (χ2v) is 7.45. The molecule has 0 spiro atoms. The third-order valence-electron chi connectivity index (χ3n) is 4.12. The van der Waals surface area contributed by atoms with Gasteiger partial charge < -0.3 is 10.4 Å². The van der Waals surface area contributed by atoms with Crippen molar-refractivity contribution in [3.05, 3.63) is 53.2 Å². The number of aromatic nitrogens is 1. The van der Waals surface area contributed by atoms with E-state index in [9.17, 15) is 14.9 Å². The number of carboxylic acid groups (broad SMARTS) is 1. The van der Waals surface area contributed by atoms with Gasteiger partial charge in [0.1, 0.15) is 11.1 Å². The average molecular weight is 398 g/mol. The molecule has 0 aliphatic rings. The standard InChI is InChI=1S/C21H23N3O3S/c1-3-5-8-16-11-10-15(13-22)20(24-16)28-18(4-2)19(25)23-17-9-6-7-14(12-17)21(26)27/h6-7,9-12,18H,3-5,8H2,1-2H3,(H,23,25)(H,26,27). The fraction of sp³-hybridized carbons (Fsp3) is 0.333. The first kappa shape index (κ1) is 21.5. The first-order valence-corrected chi connectivity index (χ1v) is 10.1. The number of carbonyl (C=O) groups is 2. The summed E-state index contributed by atoms with van der Waals surface area (Å²) in [6.07, 6.45) is 3.45. The summed E-state index contributed by atoms with van der Waals surface area (Å²) in [6, 6.07) is 11.9. The number of unbranched alkanes of at least 4 members (excludes halogenated alkanes) is 1. The number of nitrogens with one attached hydrogen (secondary N) is 1. The first-order chi connectivity index (χ1) is 13.5. The molecule has 2 aromatic rings. The monoisotopic (exact) mass is 397 g/mol. The van der Waals surface area contributed by atoms with Crippen molar-refractivity contribution in [1.82, 2.24) is 4.98 Å². The van der Waals surface area contributed by atoms with Gasteiger partial charge in [0.2, 0.25) is 5.91 Å². The van der Waals surface area contributed by atoms with Crippen LogP contribution in [0.3, 0.4) is 0 Å². The van der Waals surface area contributed by atoms with Gasteiger partial charge in [0.05, 0.1) is 16.4 Å². The van der Waals surface area contributed by atoms with E-state index in [-0.39, 0.29) is 11.5 Å². The van der Waals surface area contributed by atoms with E-state index in [4.69, 9.17) is 5.11 Å². The van der Waals surface area contributed by atoms with Gasteiger partial charge >= 0.3 is 5.97 Å². The zero-order valence-electron chi connectivity index (χ0n) is 15.9. The lowest BCUT2D eigenvalue weighted by atomic mass is 10.2. The Kier molecular flexibility index (Phi) is 8.02. The summed E-state index contributed by atoms with van der Waals surface area (Å²) in [4.78, 5) is 28.4. The average Bonchev–Trinajstić information content (AvgIpc) is 2.70. The molecule has 1 amide bonds. The van der Waals surface area contributed by atoms with Crippen molar-refractivity contribution >= 4 is 29.3 Å². The number of amides is 1. The number of rotatable bonds is 9. The van der Waals surface area contributed by atoms with Crippen LogP contribution in [0.25, 0.3) is 0 Å². The number of carbonyl (C=O) groups excluding carboxylic acids is 1. The predicted molar refractivity (Wildman–Crippen MR) is 110 cm³/mol. The van der Waals surface area contributed by atoms with Gasteiger partial charge in [-0.3, -0.25) is 4.79 Å². The molecule has 0 aliphatic carbocycles. The van der Waals surface area contributed by atoms with Crippen LogP contribution >= 0.6 is 11.8 Å². The minimum absolute atomic E-state index is 0.107. The molecule has 1 unspecified atom stereocenters. The molecular weight excluding hydrogens is 374 g/mol. The number of hydrogen-bond donors (Lipinski definition) is 2. The summed E-state index contributed by atoms with van der Waals surface area (Å²) in [5.41, 5.74) is 1.89. The molecule has 146 valence electrons. The van der Waals surface area contributed by atoms with Crippen LogP contribution in [-0.2, 0) is 11.2 Å². The van der Waals surface area contributed by atoms with Crippen molar-refractivity contribution in [2.24, 2.45) is 0 Å². The van der Waals surface area contributed by atoms with Crippen LogP contribution in [0.2, 0.25) is 0 Å². The molecule has 0 fully saturated rings. The number of aryl methyl sites for hydroxylation is 1. The minimum Gasteiger partial charge on any atom is -0.478 e. The number of nitrogens with zero attached hydrogens (tertiary/aromatic N) is 2. The van der Waals surface area contributed by atoms with Crippen molar-refractivity contribution in [3.8, 4) is 6.07 Å². The molecule has 1 heterocycles. The van der Waals surface area contributed by atoms with E-state index >= 15 is 0 Å². The predicted octanol–water partition coefficient (Wildman–Crippen LogP) is 4.50. The van der Waals surface area contributed by atoms with E-state index in [1.165, 1.54) is 23.9 Å². The zero-order chi connectivity index (χ0) is 20.5. The number of hydrogen-bond acceptors (Lipinski definition) is 5. The molecule has 0 saturated carbocycles. The van der Waals surface area contributed by atoms with Crippen molar-refractivity contribution in [2.75, 3.05) is 5.32 Å². The largest absolute Gasteiger partial charge is 0.478 e. The van der Waals surface area contributed by atoms with Crippen molar-refractivity contribution in [3.63, 3.8) is 0 Å². The number of aromatic carboxylic acids is 1. The molecule has 2 rings (SSSR count). The van der Waals surface area contributed by atoms with Gasteiger partial charge in [-0.05, 0) is 49.6 Å². The van der Waals surface area contributed by atoms with Gasteiger partial charge in [-0.25, -0.2) is 9.78 Å². The Hall–Kier alpha value is -2.85. The van der Waals surface area contributed by atoms with Crippen molar-refractivity contribution < 1.29 is 14.7 Å². The quantitative estimate of drug-likeness (QED) is 0.604. The van der Waals surface area contributed by atoms with Crippen LogP contribution in [0.5, 0.6) is 0 Å². The second-order valence-electron chi connectivity index (χ2n) is 6.26. The highest BCUT2D eigenvalue weighted by atomic mass is 32.2. The molecule has 1 aromatic heterocycles. The molecule has 6 nitrogen and oxygen atoms in total. The Bertz CT molecular complexity index is 893. The molecule has 0 bridgehead atoms. The Morgan fingerprint density at radius 3 is 2.71 bits per heavy atom. The fourth-order valence-corrected chi connectivity index (χ4v) is 3.57. The summed E-state index contributed by atoms with van der Waals surface area (Å²) in [5.74, 6) is -1.30. The number of anilines is 1. The maximum atomic E-state index is 12.7. The normalized spacial score (nSPS) is 11.5. The highest BCUT2D eigenvalue weighted by Crippen LogP contribution is 2.28. The van der Waals surface area contributed by atoms with Gasteiger partial charge in [0.25, 0.3) is 0 Å². The van der Waals surface area contributed by atoms with E-state index < -0.39 is 11.2 Å². The highest BCUT2D eigenvalue weighted by molar-refractivity contribution is 8.00. The lowest BCUT2D eigenvalue weighted by molar-refractivity contribution is -0.115. The van der Waals surface area contributed by atoms with Crippen LogP contribution in [0.15, 0.2) is 41.4 Å². The summed E-state index contributed by atoms with van der Waals surface area (Å²) >= 11 is 1.26. The van der Waals surface area contributed by atoms with E-state index in [1.54, 1.807) is 18.2 Å². The maximum absolute atomic E-state index is 12.7. The van der Waals surface area contributed by atoms with E-state index in [0.29, 0.717) is 22.7 Å². The number of thioether (sulfide) groups is 1. The minimum atomic E-state index is -1.05. The molecule has 0 aliphatic heterocycles. The summed E-state index contributed by atoms with van der Waals surface area (Å²) in [5, 5.41) is 21.3. The first-order valence-electron chi connectivity index (χ1n) is 9.19. The molecule has 0 saturated heterocycles. The molecule has 0 radical (unpaired) electrons. The summed E-state index contributed by atoms with van der Waals surface area (Å²) in [7, 11) is 0. The topological polar surface area (TPSA) is 103 Å². The van der Waals surface area contributed by atoms with Gasteiger partial charge in [0.15, 0.2) is 0 Å². The van der Waals surface area contributed by atoms with Crippen LogP contribution < -0.4 is 5.32 Å². The Balaban J connectivity index is 2.17. The molecular formula is C21H23N3O3S. The van der Waals surface area contributed by atoms with Crippen molar-refractivity contribution in [1.29, 1.82) is 5.26 Å². The van der Waals surface area contributed by atoms with E-state index in [2.05, 4.69) is 23.3 Å². The third kappa shape index (κ3) is 5.83. The lowest BCUT2D eigenvalue weighted by Gasteiger charge is -2.15. The molecule has 1 atom stereocenters. The number of carboxylic acids is 1. The smallest absolute Gasteiger partial charge is 0.335 e. The van der Waals surface area contributed by atoms with Gasteiger partial charge in [-0.2, -0.15) is 5.26 Å². The summed E-state index contributed by atoms with van der Waals surface area (Å²) in [6.45, 7) is 3.99. The van der Waals surface area contributed by atoms with Crippen LogP contribution in [-0.4, -0.2) is 27.2 Å². The maximum Gasteiger partial charge on any atom is 0.335 e. The number of benzene rings is 1. The zero-order valence-corrected chi connectivity index (χ0v) is 16.8. The van der Waals surface area contributed by atoms with E-state index in [1.807, 2.05) is 13.0 Å². The SMILES string of the molecule is CCCCc1ccc(C#N)c(SC(CC)C(=O)Nc2cccc(C(=O)O)c2)n1. The molecule has 28 heavy (non-hydrogen) atoms.